The number of fused-ring (bicyclic) bond motifs is 7. The smallest absolute Gasteiger partial charge is 0.335 e. The summed E-state index contributed by atoms with van der Waals surface area (Å²) in [4.78, 5) is 50.4. The molecule has 326 valence electrons. The van der Waals surface area contributed by atoms with E-state index in [0.29, 0.717) is 12.0 Å². The number of allylic oxidation sites excluding steroid dienone is 1. The van der Waals surface area contributed by atoms with Crippen molar-refractivity contribution in [1.82, 2.24) is 0 Å². The third-order valence-electron chi connectivity index (χ3n) is 14.5. The number of carbonyl (C=O) groups is 3. The van der Waals surface area contributed by atoms with Crippen LogP contribution >= 0.6 is 45.3 Å². The van der Waals surface area contributed by atoms with Crippen LogP contribution < -0.4 is 4.90 Å². The van der Waals surface area contributed by atoms with E-state index >= 15 is 0 Å². The number of carboxylic acids is 1. The van der Waals surface area contributed by atoms with Gasteiger partial charge in [0, 0.05) is 78.9 Å². The first kappa shape index (κ1) is 41.5. The number of ketones is 2. The van der Waals surface area contributed by atoms with E-state index in [1.807, 2.05) is 29.6 Å². The summed E-state index contributed by atoms with van der Waals surface area (Å²) in [5.74, 6) is -1.39. The van der Waals surface area contributed by atoms with E-state index in [0.717, 1.165) is 15.3 Å². The zero-order valence-corrected chi connectivity index (χ0v) is 40.7. The SMILES string of the molecule is Cc1cc(-c2sc(-c3cc(C)c(-c4sc(-c5ccc6c(c5)C5CCCC5N6c5ccc6c(c5)-c5ccccc5C6(C)C)cc4C)s3)cc2C)sc1/C=C1\C(=O)c2ccc(C(=O)O)cc2C1=O. The van der Waals surface area contributed by atoms with Crippen molar-refractivity contribution in [3.8, 4) is 50.8 Å². The fourth-order valence-electron chi connectivity index (χ4n) is 11.2. The van der Waals surface area contributed by atoms with Gasteiger partial charge in [0.25, 0.3) is 0 Å². The summed E-state index contributed by atoms with van der Waals surface area (Å²) in [6.45, 7) is 13.3. The Hall–Kier alpha value is -5.97. The second-order valence-electron chi connectivity index (χ2n) is 19.0. The van der Waals surface area contributed by atoms with Gasteiger partial charge in [0.05, 0.1) is 11.1 Å². The van der Waals surface area contributed by atoms with Crippen LogP contribution in [0, 0.1) is 27.7 Å². The minimum atomic E-state index is -1.13. The van der Waals surface area contributed by atoms with E-state index in [2.05, 4.69) is 124 Å². The molecule has 0 bridgehead atoms. The van der Waals surface area contributed by atoms with Gasteiger partial charge in [-0.05, 0) is 169 Å². The Balaban J connectivity index is 0.819. The van der Waals surface area contributed by atoms with E-state index < -0.39 is 11.8 Å². The topological polar surface area (TPSA) is 74.7 Å². The molecule has 1 aliphatic heterocycles. The fraction of sp³-hybridized carbons (Fsp3) is 0.211. The number of carbonyl (C=O) groups excluding carboxylic acids is 2. The van der Waals surface area contributed by atoms with Crippen LogP contribution in [0.15, 0.2) is 109 Å². The first-order chi connectivity index (χ1) is 31.7. The predicted octanol–water partition coefficient (Wildman–Crippen LogP) is 16.1. The lowest BCUT2D eigenvalue weighted by molar-refractivity contribution is 0.0696. The van der Waals surface area contributed by atoms with Gasteiger partial charge in [-0.1, -0.05) is 56.7 Å². The van der Waals surface area contributed by atoms with Crippen LogP contribution in [0.5, 0.6) is 0 Å². The van der Waals surface area contributed by atoms with Gasteiger partial charge in [-0.3, -0.25) is 9.59 Å². The van der Waals surface area contributed by atoms with E-state index in [1.54, 1.807) is 28.7 Å². The average Bonchev–Trinajstić information content (AvgIpc) is 4.20. The van der Waals surface area contributed by atoms with Crippen molar-refractivity contribution in [2.45, 2.75) is 78.2 Å². The maximum atomic E-state index is 13.3. The predicted molar refractivity (Wildman–Crippen MR) is 275 cm³/mol. The van der Waals surface area contributed by atoms with Gasteiger partial charge in [0.1, 0.15) is 0 Å². The molecule has 4 aromatic carbocycles. The lowest BCUT2D eigenvalue weighted by Crippen LogP contribution is -2.26. The number of thiophene rings is 4. The van der Waals surface area contributed by atoms with E-state index in [1.165, 1.54) is 128 Å². The van der Waals surface area contributed by atoms with Crippen LogP contribution in [0.4, 0.5) is 11.4 Å². The molecule has 0 spiro atoms. The molecule has 3 aliphatic carbocycles. The van der Waals surface area contributed by atoms with Crippen molar-refractivity contribution in [3.05, 3.63) is 169 Å². The number of rotatable bonds is 7. The number of Topliss-reactive ketones (excluding diaryl/α,β-unsaturated/α-hetero) is 2. The molecule has 4 aromatic heterocycles. The highest BCUT2D eigenvalue weighted by molar-refractivity contribution is 7.29. The molecule has 0 amide bonds. The molecule has 0 saturated heterocycles. The summed E-state index contributed by atoms with van der Waals surface area (Å²) < 4.78 is 0. The monoisotopic (exact) mass is 935 g/mol. The Kier molecular flexibility index (Phi) is 9.44. The molecule has 1 saturated carbocycles. The highest BCUT2D eigenvalue weighted by atomic mass is 32.1. The molecule has 5 nitrogen and oxygen atoms in total. The van der Waals surface area contributed by atoms with Crippen molar-refractivity contribution in [3.63, 3.8) is 0 Å². The fourth-order valence-corrected chi connectivity index (χ4v) is 16.3. The van der Waals surface area contributed by atoms with Crippen LogP contribution in [0.25, 0.3) is 56.9 Å². The van der Waals surface area contributed by atoms with Crippen LogP contribution in [-0.4, -0.2) is 28.7 Å². The van der Waals surface area contributed by atoms with Crippen LogP contribution in [0.3, 0.4) is 0 Å². The van der Waals surface area contributed by atoms with Crippen molar-refractivity contribution < 1.29 is 19.5 Å². The Morgan fingerprint density at radius 2 is 1.30 bits per heavy atom. The number of nitrogens with zero attached hydrogens (tertiary/aromatic N) is 1. The second kappa shape index (κ2) is 15.0. The molecule has 1 fully saturated rings. The normalized spacial score (nSPS) is 18.3. The Morgan fingerprint density at radius 1 is 0.636 bits per heavy atom. The maximum Gasteiger partial charge on any atom is 0.335 e. The standard InChI is InChI=1S/C57H45NO4S4/c1-28-20-50(63-46(28)27-41-51(59)37-17-14-33(56(61)62)25-40(37)52(41)60)53-29(2)22-48(65-53)49-23-31(4)55(66-49)54-30(3)21-47(64-54)32-15-19-45-39(24-32)36-11-9-13-44(36)58(45)34-16-18-43-38(26-34)35-10-7-8-12-42(35)57(43,5)6/h7-8,10,12,14-27,36,44H,9,11,13H2,1-6H3,(H,61,62)/b41-27+. The highest BCUT2D eigenvalue weighted by Gasteiger charge is 2.43. The third kappa shape index (κ3) is 6.23. The molecular formula is C57H45NO4S4. The van der Waals surface area contributed by atoms with Gasteiger partial charge in [0.15, 0.2) is 11.6 Å². The molecule has 66 heavy (non-hydrogen) atoms. The summed E-state index contributed by atoms with van der Waals surface area (Å²) in [5.41, 5.74) is 16.3. The Morgan fingerprint density at radius 3 is 2.08 bits per heavy atom. The van der Waals surface area contributed by atoms with Crippen molar-refractivity contribution in [2.75, 3.05) is 4.90 Å². The third-order valence-corrected chi connectivity index (χ3v) is 20.0. The minimum absolute atomic E-state index is 0.0000184. The zero-order valence-electron chi connectivity index (χ0n) is 37.4. The molecule has 2 unspecified atom stereocenters. The molecular weight excluding hydrogens is 891 g/mol. The van der Waals surface area contributed by atoms with Crippen molar-refractivity contribution >= 4 is 80.3 Å². The van der Waals surface area contributed by atoms with Crippen molar-refractivity contribution in [2.24, 2.45) is 0 Å². The number of aryl methyl sites for hydroxylation is 4. The number of carboxylic acid groups (broad SMARTS) is 1. The summed E-state index contributed by atoms with van der Waals surface area (Å²) in [7, 11) is 0. The summed E-state index contributed by atoms with van der Waals surface area (Å²) in [5, 5.41) is 9.44. The molecule has 1 N–H and O–H groups in total. The number of benzene rings is 4. The van der Waals surface area contributed by atoms with Crippen molar-refractivity contribution in [1.29, 1.82) is 0 Å². The Bertz CT molecular complexity index is 3480. The lowest BCUT2D eigenvalue weighted by atomic mass is 9.82. The number of anilines is 2. The van der Waals surface area contributed by atoms with E-state index in [4.69, 9.17) is 0 Å². The van der Waals surface area contributed by atoms with Gasteiger partial charge >= 0.3 is 5.97 Å². The summed E-state index contributed by atoms with van der Waals surface area (Å²) >= 11 is 7.12. The van der Waals surface area contributed by atoms with E-state index in [9.17, 15) is 19.5 Å². The molecule has 0 radical (unpaired) electrons. The zero-order chi connectivity index (χ0) is 45.5. The molecule has 9 heteroatoms. The van der Waals surface area contributed by atoms with Gasteiger partial charge < -0.3 is 10.0 Å². The number of hydrogen-bond acceptors (Lipinski definition) is 8. The van der Waals surface area contributed by atoms with Crippen LogP contribution in [0.2, 0.25) is 0 Å². The quantitative estimate of drug-likeness (QED) is 0.127. The number of aromatic carboxylic acids is 1. The summed E-state index contributed by atoms with van der Waals surface area (Å²) in [6.07, 6.45) is 5.39. The number of hydrogen-bond donors (Lipinski definition) is 1. The molecule has 8 aromatic rings. The minimum Gasteiger partial charge on any atom is -0.478 e. The van der Waals surface area contributed by atoms with Gasteiger partial charge in [-0.15, -0.1) is 45.3 Å². The molecule has 12 rings (SSSR count). The van der Waals surface area contributed by atoms with Gasteiger partial charge in [-0.25, -0.2) is 4.79 Å². The van der Waals surface area contributed by atoms with Gasteiger partial charge in [-0.2, -0.15) is 0 Å². The van der Waals surface area contributed by atoms with E-state index in [-0.39, 0.29) is 33.5 Å². The Labute approximate surface area is 400 Å². The molecule has 5 heterocycles. The highest BCUT2D eigenvalue weighted by Crippen LogP contribution is 2.56. The van der Waals surface area contributed by atoms with Crippen LogP contribution in [-0.2, 0) is 5.41 Å². The molecule has 2 atom stereocenters. The largest absolute Gasteiger partial charge is 0.478 e. The first-order valence-corrected chi connectivity index (χ1v) is 25.8. The lowest BCUT2D eigenvalue weighted by Gasteiger charge is -2.28. The van der Waals surface area contributed by atoms with Crippen LogP contribution in [0.1, 0.15) is 114 Å². The summed E-state index contributed by atoms with van der Waals surface area (Å²) in [6, 6.07) is 37.2. The maximum absolute atomic E-state index is 13.3. The average molecular weight is 936 g/mol. The van der Waals surface area contributed by atoms with Gasteiger partial charge in [0.2, 0.25) is 0 Å². The second-order valence-corrected chi connectivity index (χ2v) is 23.2. The molecule has 4 aliphatic rings. The first-order valence-electron chi connectivity index (χ1n) is 22.5.